The van der Waals surface area contributed by atoms with Gasteiger partial charge in [0, 0.05) is 53.0 Å². The molecule has 0 saturated heterocycles. The van der Waals surface area contributed by atoms with E-state index in [2.05, 4.69) is 63.2 Å². The maximum Gasteiger partial charge on any atom is 0.253 e. The number of carbonyl (C=O) groups excluding carboxylic acids is 2. The zero-order chi connectivity index (χ0) is 29.4. The number of hydrogen-bond acceptors (Lipinski definition) is 4. The molecule has 6 rings (SSSR count). The second kappa shape index (κ2) is 11.2. The second-order valence-electron chi connectivity index (χ2n) is 12.1. The lowest BCUT2D eigenvalue weighted by molar-refractivity contribution is -0.118. The number of aromatic nitrogens is 4. The fourth-order valence-electron chi connectivity index (χ4n) is 6.29. The van der Waals surface area contributed by atoms with Crippen molar-refractivity contribution in [3.05, 3.63) is 83.7 Å². The minimum atomic E-state index is -0.157. The number of hydrogen-bond donors (Lipinski definition) is 2. The monoisotopic (exact) mass is 578 g/mol. The molecule has 5 aromatic rings. The quantitative estimate of drug-likeness (QED) is 0.208. The van der Waals surface area contributed by atoms with E-state index in [-0.39, 0.29) is 23.7 Å². The van der Waals surface area contributed by atoms with E-state index in [1.54, 1.807) is 4.52 Å². The predicted octanol–water partition coefficient (Wildman–Crippen LogP) is 4.59. The molecule has 8 nitrogen and oxygen atoms in total. The maximum absolute atomic E-state index is 13.4. The number of carbonyl (C=O) groups is 2. The van der Waals surface area contributed by atoms with Gasteiger partial charge in [-0.2, -0.15) is 4.98 Å². The third-order valence-corrected chi connectivity index (χ3v) is 10.2. The summed E-state index contributed by atoms with van der Waals surface area (Å²) in [5.74, 6) is -0.0349. The maximum atomic E-state index is 13.4. The summed E-state index contributed by atoms with van der Waals surface area (Å²) < 4.78 is 3.65. The first-order valence-corrected chi connectivity index (χ1v) is 15.9. The molecule has 42 heavy (non-hydrogen) atoms. The van der Waals surface area contributed by atoms with Crippen LogP contribution in [0.4, 0.5) is 5.95 Å². The van der Waals surface area contributed by atoms with E-state index < -0.39 is 0 Å². The predicted molar refractivity (Wildman–Crippen MR) is 171 cm³/mol. The lowest BCUT2D eigenvalue weighted by Crippen LogP contribution is -2.33. The summed E-state index contributed by atoms with van der Waals surface area (Å²) in [6.07, 6.45) is 9.53. The van der Waals surface area contributed by atoms with Crippen LogP contribution in [0.2, 0.25) is 0 Å². The van der Waals surface area contributed by atoms with Crippen molar-refractivity contribution in [1.29, 1.82) is 0 Å². The van der Waals surface area contributed by atoms with Gasteiger partial charge in [-0.3, -0.25) is 14.9 Å². The molecule has 2 N–H and O–H groups in total. The molecule has 0 spiro atoms. The number of pyridine rings is 1. The van der Waals surface area contributed by atoms with Crippen molar-refractivity contribution in [2.75, 3.05) is 11.9 Å². The van der Waals surface area contributed by atoms with E-state index in [1.165, 1.54) is 30.4 Å². The Hall–Kier alpha value is -4.24. The summed E-state index contributed by atoms with van der Waals surface area (Å²) in [6.45, 7) is 4.33. The van der Waals surface area contributed by atoms with Gasteiger partial charge in [0.05, 0.1) is 5.56 Å². The number of amides is 2. The molecule has 2 amide bonds. The molecule has 216 valence electrons. The van der Waals surface area contributed by atoms with Crippen LogP contribution in [0.3, 0.4) is 0 Å². The van der Waals surface area contributed by atoms with Gasteiger partial charge in [-0.25, -0.2) is 4.52 Å². The summed E-state index contributed by atoms with van der Waals surface area (Å²) in [7, 11) is 3.10. The SMILES string of the molecule is CC(C)C(=O)Nc1nc2cc(-c3ccc4c(c3)c(C(=O)NCCC[C@]3([SiH3])CCCc5ccccc53)cn4C)ccn2n1. The molecule has 0 aliphatic heterocycles. The van der Waals surface area contributed by atoms with Gasteiger partial charge in [0.2, 0.25) is 11.9 Å². The van der Waals surface area contributed by atoms with E-state index >= 15 is 0 Å². The highest BCUT2D eigenvalue weighted by atomic mass is 28.1. The van der Waals surface area contributed by atoms with Crippen molar-refractivity contribution in [3.63, 3.8) is 0 Å². The number of fused-ring (bicyclic) bond motifs is 3. The summed E-state index contributed by atoms with van der Waals surface area (Å²) in [6, 6.07) is 19.0. The molecule has 0 fully saturated rings. The normalized spacial score (nSPS) is 16.7. The average Bonchev–Trinajstić information content (AvgIpc) is 3.54. The molecule has 3 aromatic heterocycles. The standard InChI is InChI=1S/C33H38N6O2Si/c1-21(2)30(40)36-32-35-29-19-24(13-17-39(29)37-32)23-11-12-28-25(18-23)26(20-38(28)3)31(41)34-16-7-15-33(42)14-6-9-22-8-4-5-10-27(22)33/h4-5,8,10-13,17-21H,6-7,9,14-16H2,1-3,42H3,(H,34,41)(H,36,37,40)/t33-/m1/s1. The van der Waals surface area contributed by atoms with Crippen LogP contribution in [0, 0.1) is 5.92 Å². The topological polar surface area (TPSA) is 93.3 Å². The van der Waals surface area contributed by atoms with Gasteiger partial charge in [-0.15, -0.1) is 5.10 Å². The van der Waals surface area contributed by atoms with Crippen LogP contribution >= 0.6 is 0 Å². The zero-order valence-electron chi connectivity index (χ0n) is 24.8. The van der Waals surface area contributed by atoms with Crippen molar-refractivity contribution in [3.8, 4) is 11.1 Å². The van der Waals surface area contributed by atoms with Crippen LogP contribution < -0.4 is 10.6 Å². The lowest BCUT2D eigenvalue weighted by atomic mass is 9.79. The first-order chi connectivity index (χ1) is 20.2. The first-order valence-electron chi connectivity index (χ1n) is 14.9. The van der Waals surface area contributed by atoms with E-state index in [0.29, 0.717) is 22.8 Å². The minimum absolute atomic E-state index is 0.0392. The fourth-order valence-corrected chi connectivity index (χ4v) is 7.48. The number of nitrogens with zero attached hydrogens (tertiary/aromatic N) is 4. The Bertz CT molecular complexity index is 1810. The first kappa shape index (κ1) is 27.9. The molecule has 1 aliphatic rings. The number of benzene rings is 2. The van der Waals surface area contributed by atoms with Crippen molar-refractivity contribution < 1.29 is 9.59 Å². The van der Waals surface area contributed by atoms with Crippen LogP contribution in [-0.4, -0.2) is 47.8 Å². The van der Waals surface area contributed by atoms with Gasteiger partial charge in [0.15, 0.2) is 5.65 Å². The molecular weight excluding hydrogens is 540 g/mol. The Morgan fingerprint density at radius 1 is 1.10 bits per heavy atom. The van der Waals surface area contributed by atoms with E-state index in [0.717, 1.165) is 45.1 Å². The van der Waals surface area contributed by atoms with E-state index in [4.69, 9.17) is 0 Å². The third kappa shape index (κ3) is 5.36. The number of rotatable bonds is 8. The van der Waals surface area contributed by atoms with Gasteiger partial charge < -0.3 is 9.88 Å². The molecule has 1 aliphatic carbocycles. The molecule has 0 unspecified atom stereocenters. The molecular formula is C33H38N6O2Si. The third-order valence-electron chi connectivity index (χ3n) is 8.70. The smallest absolute Gasteiger partial charge is 0.253 e. The molecule has 9 heteroatoms. The van der Waals surface area contributed by atoms with Crippen molar-refractivity contribution in [1.82, 2.24) is 24.5 Å². The molecule has 0 radical (unpaired) electrons. The van der Waals surface area contributed by atoms with Gasteiger partial charge in [0.1, 0.15) is 0 Å². The van der Waals surface area contributed by atoms with Crippen LogP contribution in [-0.2, 0) is 23.3 Å². The van der Waals surface area contributed by atoms with Gasteiger partial charge in [-0.1, -0.05) is 44.2 Å². The summed E-state index contributed by atoms with van der Waals surface area (Å²) in [5.41, 5.74) is 7.31. The fraction of sp³-hybridized carbons (Fsp3) is 0.333. The van der Waals surface area contributed by atoms with Crippen molar-refractivity contribution in [2.24, 2.45) is 13.0 Å². The Balaban J connectivity index is 1.17. The Labute approximate surface area is 249 Å². The Morgan fingerprint density at radius 2 is 1.90 bits per heavy atom. The van der Waals surface area contributed by atoms with Crippen LogP contribution in [0.5, 0.6) is 0 Å². The highest BCUT2D eigenvalue weighted by molar-refractivity contribution is 6.16. The number of anilines is 1. The van der Waals surface area contributed by atoms with Crippen LogP contribution in [0.15, 0.2) is 67.0 Å². The van der Waals surface area contributed by atoms with Crippen LogP contribution in [0.25, 0.3) is 27.7 Å². The highest BCUT2D eigenvalue weighted by Crippen LogP contribution is 2.38. The Kier molecular flexibility index (Phi) is 7.45. The van der Waals surface area contributed by atoms with Gasteiger partial charge >= 0.3 is 0 Å². The minimum Gasteiger partial charge on any atom is -0.352 e. The van der Waals surface area contributed by atoms with Crippen LogP contribution in [0.1, 0.15) is 61.0 Å². The average molecular weight is 579 g/mol. The van der Waals surface area contributed by atoms with Gasteiger partial charge in [-0.05, 0) is 83.7 Å². The molecule has 0 saturated carbocycles. The van der Waals surface area contributed by atoms with Gasteiger partial charge in [0.25, 0.3) is 5.91 Å². The van der Waals surface area contributed by atoms with E-state index in [1.807, 2.05) is 50.0 Å². The molecule has 2 aromatic carbocycles. The zero-order valence-corrected chi connectivity index (χ0v) is 26.8. The summed E-state index contributed by atoms with van der Waals surface area (Å²) in [4.78, 5) is 29.9. The Morgan fingerprint density at radius 3 is 2.74 bits per heavy atom. The number of nitrogens with one attached hydrogen (secondary N) is 2. The summed E-state index contributed by atoms with van der Waals surface area (Å²) in [5, 5.41) is 11.5. The highest BCUT2D eigenvalue weighted by Gasteiger charge is 2.31. The summed E-state index contributed by atoms with van der Waals surface area (Å²) >= 11 is 0. The second-order valence-corrected chi connectivity index (χ2v) is 14.0. The molecule has 0 bridgehead atoms. The largest absolute Gasteiger partial charge is 0.352 e. The van der Waals surface area contributed by atoms with E-state index in [9.17, 15) is 9.59 Å². The molecule has 3 heterocycles. The van der Waals surface area contributed by atoms with Crippen molar-refractivity contribution in [2.45, 2.75) is 51.0 Å². The lowest BCUT2D eigenvalue weighted by Gasteiger charge is -2.36. The number of aryl methyl sites for hydroxylation is 2. The van der Waals surface area contributed by atoms with Crippen molar-refractivity contribution >= 4 is 44.6 Å². The molecule has 1 atom stereocenters.